The van der Waals surface area contributed by atoms with E-state index in [1.54, 1.807) is 12.1 Å². The number of phenolic OH excluding ortho intramolecular Hbond substituents is 1. The van der Waals surface area contributed by atoms with Crippen molar-refractivity contribution in [3.8, 4) is 5.75 Å². The van der Waals surface area contributed by atoms with E-state index >= 15 is 0 Å². The highest BCUT2D eigenvalue weighted by atomic mass is 16.3. The summed E-state index contributed by atoms with van der Waals surface area (Å²) in [4.78, 5) is 12.4. The molecule has 0 aliphatic carbocycles. The predicted octanol–water partition coefficient (Wildman–Crippen LogP) is 3.23. The maximum Gasteiger partial charge on any atom is 0.255 e. The number of hydrogen-bond acceptors (Lipinski definition) is 3. The Hall–Kier alpha value is -2.49. The molecule has 0 saturated heterocycles. The van der Waals surface area contributed by atoms with Gasteiger partial charge < -0.3 is 15.7 Å². The van der Waals surface area contributed by atoms with Gasteiger partial charge in [0.05, 0.1) is 0 Å². The second-order valence-corrected chi connectivity index (χ2v) is 5.46. The van der Waals surface area contributed by atoms with E-state index in [1.807, 2.05) is 32.0 Å². The van der Waals surface area contributed by atoms with Gasteiger partial charge in [0.15, 0.2) is 0 Å². The van der Waals surface area contributed by atoms with Crippen LogP contribution >= 0.6 is 0 Å². The molecule has 108 valence electrons. The largest absolute Gasteiger partial charge is 0.508 e. The first-order chi connectivity index (χ1) is 10.0. The van der Waals surface area contributed by atoms with E-state index in [0.29, 0.717) is 5.56 Å². The summed E-state index contributed by atoms with van der Waals surface area (Å²) in [5, 5.41) is 15.9. The van der Waals surface area contributed by atoms with Gasteiger partial charge in [0.1, 0.15) is 5.75 Å². The molecule has 1 amide bonds. The fourth-order valence-electron chi connectivity index (χ4n) is 2.58. The van der Waals surface area contributed by atoms with Crippen molar-refractivity contribution < 1.29 is 9.90 Å². The van der Waals surface area contributed by atoms with Crippen molar-refractivity contribution in [1.29, 1.82) is 0 Å². The first-order valence-corrected chi connectivity index (χ1v) is 7.03. The maximum absolute atomic E-state index is 12.4. The van der Waals surface area contributed by atoms with Gasteiger partial charge in [0.2, 0.25) is 0 Å². The number of hydrogen-bond donors (Lipinski definition) is 3. The lowest BCUT2D eigenvalue weighted by Gasteiger charge is -2.11. The number of anilines is 2. The summed E-state index contributed by atoms with van der Waals surface area (Å²) >= 11 is 0. The van der Waals surface area contributed by atoms with Crippen LogP contribution in [0.3, 0.4) is 0 Å². The zero-order valence-corrected chi connectivity index (χ0v) is 12.2. The van der Waals surface area contributed by atoms with Crippen molar-refractivity contribution in [3.05, 3.63) is 52.6 Å². The maximum atomic E-state index is 12.4. The second kappa shape index (κ2) is 5.13. The number of carbonyl (C=O) groups excluding carboxylic acids is 1. The van der Waals surface area contributed by atoms with E-state index in [2.05, 4.69) is 10.6 Å². The van der Waals surface area contributed by atoms with Crippen molar-refractivity contribution in [3.63, 3.8) is 0 Å². The van der Waals surface area contributed by atoms with Crippen molar-refractivity contribution in [1.82, 2.24) is 0 Å². The molecule has 0 bridgehead atoms. The van der Waals surface area contributed by atoms with Crippen LogP contribution in [0.4, 0.5) is 11.4 Å². The number of phenols is 1. The summed E-state index contributed by atoms with van der Waals surface area (Å²) in [7, 11) is 0. The molecule has 0 aromatic heterocycles. The summed E-state index contributed by atoms with van der Waals surface area (Å²) in [5.41, 5.74) is 5.27. The van der Waals surface area contributed by atoms with Gasteiger partial charge in [-0.2, -0.15) is 0 Å². The van der Waals surface area contributed by atoms with E-state index in [-0.39, 0.29) is 11.7 Å². The molecule has 0 spiro atoms. The second-order valence-electron chi connectivity index (χ2n) is 5.46. The van der Waals surface area contributed by atoms with Gasteiger partial charge in [0.25, 0.3) is 5.91 Å². The molecule has 4 nitrogen and oxygen atoms in total. The Morgan fingerprint density at radius 3 is 2.81 bits per heavy atom. The first-order valence-electron chi connectivity index (χ1n) is 7.03. The molecular formula is C17H18N2O2. The molecule has 1 aliphatic rings. The molecule has 1 aliphatic heterocycles. The zero-order valence-electron chi connectivity index (χ0n) is 12.2. The highest BCUT2D eigenvalue weighted by Crippen LogP contribution is 2.26. The lowest BCUT2D eigenvalue weighted by molar-refractivity contribution is 0.102. The molecular weight excluding hydrogens is 264 g/mol. The molecule has 21 heavy (non-hydrogen) atoms. The third-order valence-electron chi connectivity index (χ3n) is 3.87. The minimum absolute atomic E-state index is 0.127. The number of amides is 1. The standard InChI is InChI=1S/C17H18N2O2/c1-10-8-16(20)11(2)7-15(10)19-17(21)13-3-4-14-12(9-13)5-6-18-14/h3-4,7-9,18,20H,5-6H2,1-2H3,(H,19,21). The Balaban J connectivity index is 1.85. The highest BCUT2D eigenvalue weighted by Gasteiger charge is 2.14. The molecule has 0 atom stereocenters. The van der Waals surface area contributed by atoms with Crippen molar-refractivity contribution in [2.45, 2.75) is 20.3 Å². The lowest BCUT2D eigenvalue weighted by atomic mass is 10.1. The SMILES string of the molecule is Cc1cc(NC(=O)c2ccc3c(c2)CCN3)c(C)cc1O. The van der Waals surface area contributed by atoms with E-state index in [0.717, 1.165) is 35.5 Å². The highest BCUT2D eigenvalue weighted by molar-refractivity contribution is 6.05. The van der Waals surface area contributed by atoms with Crippen molar-refractivity contribution >= 4 is 17.3 Å². The van der Waals surface area contributed by atoms with Crippen LogP contribution in [0.2, 0.25) is 0 Å². The summed E-state index contributed by atoms with van der Waals surface area (Å²) in [6.45, 7) is 4.60. The molecule has 0 saturated carbocycles. The van der Waals surface area contributed by atoms with Crippen LogP contribution in [-0.2, 0) is 6.42 Å². The van der Waals surface area contributed by atoms with Gasteiger partial charge in [-0.05, 0) is 67.3 Å². The average Bonchev–Trinajstić information content (AvgIpc) is 2.92. The Bertz CT molecular complexity index is 723. The van der Waals surface area contributed by atoms with Crippen LogP contribution in [-0.4, -0.2) is 17.6 Å². The molecule has 3 N–H and O–H groups in total. The Labute approximate surface area is 123 Å². The minimum atomic E-state index is -0.127. The van der Waals surface area contributed by atoms with Crippen LogP contribution in [0.1, 0.15) is 27.0 Å². The molecule has 0 radical (unpaired) electrons. The van der Waals surface area contributed by atoms with E-state index in [4.69, 9.17) is 0 Å². The molecule has 3 rings (SSSR count). The predicted molar refractivity (Wildman–Crippen MR) is 84.2 cm³/mol. The molecule has 2 aromatic rings. The molecule has 0 unspecified atom stereocenters. The Morgan fingerprint density at radius 1 is 1.19 bits per heavy atom. The Morgan fingerprint density at radius 2 is 2.00 bits per heavy atom. The third-order valence-corrected chi connectivity index (χ3v) is 3.87. The summed E-state index contributed by atoms with van der Waals surface area (Å²) in [5.74, 6) is 0.118. The fourth-order valence-corrected chi connectivity index (χ4v) is 2.58. The molecule has 4 heteroatoms. The fraction of sp³-hybridized carbons (Fsp3) is 0.235. The molecule has 0 fully saturated rings. The smallest absolute Gasteiger partial charge is 0.255 e. The summed E-state index contributed by atoms with van der Waals surface area (Å²) < 4.78 is 0. The van der Waals surface area contributed by atoms with Gasteiger partial charge >= 0.3 is 0 Å². The van der Waals surface area contributed by atoms with Gasteiger partial charge in [-0.1, -0.05) is 0 Å². The number of aromatic hydroxyl groups is 1. The third kappa shape index (κ3) is 2.57. The molecule has 1 heterocycles. The van der Waals surface area contributed by atoms with Crippen LogP contribution in [0, 0.1) is 13.8 Å². The van der Waals surface area contributed by atoms with Crippen LogP contribution in [0.5, 0.6) is 5.75 Å². The van der Waals surface area contributed by atoms with E-state index in [1.165, 1.54) is 5.56 Å². The van der Waals surface area contributed by atoms with Crippen LogP contribution < -0.4 is 10.6 Å². The monoisotopic (exact) mass is 282 g/mol. The van der Waals surface area contributed by atoms with Gasteiger partial charge in [-0.15, -0.1) is 0 Å². The number of fused-ring (bicyclic) bond motifs is 1. The summed E-state index contributed by atoms with van der Waals surface area (Å²) in [6.07, 6.45) is 0.952. The van der Waals surface area contributed by atoms with E-state index < -0.39 is 0 Å². The number of nitrogens with one attached hydrogen (secondary N) is 2. The number of rotatable bonds is 2. The van der Waals surface area contributed by atoms with E-state index in [9.17, 15) is 9.90 Å². The van der Waals surface area contributed by atoms with Crippen molar-refractivity contribution in [2.24, 2.45) is 0 Å². The first kappa shape index (κ1) is 13.5. The number of carbonyl (C=O) groups is 1. The van der Waals surface area contributed by atoms with Gasteiger partial charge in [-0.3, -0.25) is 4.79 Å². The van der Waals surface area contributed by atoms with Gasteiger partial charge in [-0.25, -0.2) is 0 Å². The van der Waals surface area contributed by atoms with Gasteiger partial charge in [0, 0.05) is 23.5 Å². The number of aryl methyl sites for hydroxylation is 2. The average molecular weight is 282 g/mol. The molecule has 2 aromatic carbocycles. The lowest BCUT2D eigenvalue weighted by Crippen LogP contribution is -2.13. The number of benzene rings is 2. The van der Waals surface area contributed by atoms with Crippen molar-refractivity contribution in [2.75, 3.05) is 17.2 Å². The normalized spacial score (nSPS) is 12.7. The topological polar surface area (TPSA) is 61.4 Å². The Kier molecular flexibility index (Phi) is 3.29. The van der Waals surface area contributed by atoms with Crippen LogP contribution in [0.25, 0.3) is 0 Å². The zero-order chi connectivity index (χ0) is 15.0. The van der Waals surface area contributed by atoms with Crippen LogP contribution in [0.15, 0.2) is 30.3 Å². The minimum Gasteiger partial charge on any atom is -0.508 e. The quantitative estimate of drug-likeness (QED) is 0.741. The summed E-state index contributed by atoms with van der Waals surface area (Å²) in [6, 6.07) is 9.17.